The average molecular weight is 231 g/mol. The molecule has 5 heteroatoms. The SMILES string of the molecule is CN(Cc1ccc(O)cc1)C(=O)n1ccnc1. The number of phenols is 1. The summed E-state index contributed by atoms with van der Waals surface area (Å²) in [5.41, 5.74) is 0.957. The van der Waals surface area contributed by atoms with Crippen LogP contribution in [0.3, 0.4) is 0 Å². The van der Waals surface area contributed by atoms with E-state index in [0.717, 1.165) is 5.56 Å². The van der Waals surface area contributed by atoms with E-state index in [1.807, 2.05) is 0 Å². The molecule has 1 N–H and O–H groups in total. The smallest absolute Gasteiger partial charge is 0.329 e. The number of aromatic hydroxyl groups is 1. The predicted octanol–water partition coefficient (Wildman–Crippen LogP) is 1.69. The van der Waals surface area contributed by atoms with Crippen LogP contribution < -0.4 is 0 Å². The van der Waals surface area contributed by atoms with Crippen LogP contribution in [0.15, 0.2) is 43.0 Å². The van der Waals surface area contributed by atoms with Gasteiger partial charge in [0.1, 0.15) is 12.1 Å². The van der Waals surface area contributed by atoms with Crippen molar-refractivity contribution in [2.45, 2.75) is 6.54 Å². The Morgan fingerprint density at radius 2 is 2.12 bits per heavy atom. The van der Waals surface area contributed by atoms with E-state index >= 15 is 0 Å². The second-order valence-electron chi connectivity index (χ2n) is 3.78. The predicted molar refractivity (Wildman–Crippen MR) is 62.6 cm³/mol. The lowest BCUT2D eigenvalue weighted by atomic mass is 10.2. The molecule has 2 aromatic rings. The van der Waals surface area contributed by atoms with Gasteiger partial charge in [0.25, 0.3) is 0 Å². The number of imidazole rings is 1. The van der Waals surface area contributed by atoms with Gasteiger partial charge in [0, 0.05) is 26.0 Å². The van der Waals surface area contributed by atoms with Gasteiger partial charge in [0.15, 0.2) is 0 Å². The van der Waals surface area contributed by atoms with E-state index in [-0.39, 0.29) is 11.8 Å². The van der Waals surface area contributed by atoms with Crippen LogP contribution >= 0.6 is 0 Å². The number of nitrogens with zero attached hydrogens (tertiary/aromatic N) is 3. The number of aromatic nitrogens is 2. The molecular formula is C12H13N3O2. The van der Waals surface area contributed by atoms with Crippen molar-refractivity contribution in [3.63, 3.8) is 0 Å². The number of carbonyl (C=O) groups excluding carboxylic acids is 1. The summed E-state index contributed by atoms with van der Waals surface area (Å²) in [7, 11) is 1.72. The Morgan fingerprint density at radius 3 is 2.71 bits per heavy atom. The van der Waals surface area contributed by atoms with Crippen molar-refractivity contribution in [3.8, 4) is 5.75 Å². The van der Waals surface area contributed by atoms with Gasteiger partial charge in [0.05, 0.1) is 0 Å². The number of hydrogen-bond acceptors (Lipinski definition) is 3. The molecule has 0 unspecified atom stereocenters. The minimum Gasteiger partial charge on any atom is -0.508 e. The minimum absolute atomic E-state index is 0.143. The fourth-order valence-electron chi connectivity index (χ4n) is 1.51. The Kier molecular flexibility index (Phi) is 3.09. The van der Waals surface area contributed by atoms with Crippen LogP contribution in [-0.2, 0) is 6.54 Å². The number of phenolic OH excluding ortho intramolecular Hbond substituents is 1. The standard InChI is InChI=1S/C12H13N3O2/c1-14(12(17)15-7-6-13-9-15)8-10-2-4-11(16)5-3-10/h2-7,9,16H,8H2,1H3. The molecule has 0 saturated carbocycles. The lowest BCUT2D eigenvalue weighted by molar-refractivity contribution is 0.208. The zero-order valence-corrected chi connectivity index (χ0v) is 9.45. The minimum atomic E-state index is -0.143. The first-order chi connectivity index (χ1) is 8.16. The molecule has 1 heterocycles. The van der Waals surface area contributed by atoms with Gasteiger partial charge in [-0.05, 0) is 17.7 Å². The van der Waals surface area contributed by atoms with Crippen LogP contribution in [0.4, 0.5) is 4.79 Å². The van der Waals surface area contributed by atoms with Crippen LogP contribution in [0.2, 0.25) is 0 Å². The first-order valence-electron chi connectivity index (χ1n) is 5.18. The Labute approximate surface area is 98.9 Å². The molecule has 0 aliphatic rings. The van der Waals surface area contributed by atoms with Gasteiger partial charge in [-0.25, -0.2) is 9.78 Å². The highest BCUT2D eigenvalue weighted by Gasteiger charge is 2.10. The third-order valence-electron chi connectivity index (χ3n) is 2.41. The molecule has 2 rings (SSSR count). The maximum atomic E-state index is 11.9. The van der Waals surface area contributed by atoms with Crippen molar-refractivity contribution in [2.24, 2.45) is 0 Å². The molecule has 17 heavy (non-hydrogen) atoms. The maximum Gasteiger partial charge on any atom is 0.329 e. The molecule has 0 aliphatic heterocycles. The Balaban J connectivity index is 2.04. The van der Waals surface area contributed by atoms with Gasteiger partial charge < -0.3 is 10.0 Å². The molecule has 0 radical (unpaired) electrons. The fraction of sp³-hybridized carbons (Fsp3) is 0.167. The normalized spacial score (nSPS) is 10.2. The lowest BCUT2D eigenvalue weighted by Gasteiger charge is -2.17. The van der Waals surface area contributed by atoms with Crippen molar-refractivity contribution in [1.29, 1.82) is 0 Å². The van der Waals surface area contributed by atoms with E-state index in [9.17, 15) is 4.79 Å². The molecule has 0 fully saturated rings. The topological polar surface area (TPSA) is 58.4 Å². The van der Waals surface area contributed by atoms with Gasteiger partial charge in [0.2, 0.25) is 0 Å². The highest BCUT2D eigenvalue weighted by atomic mass is 16.3. The summed E-state index contributed by atoms with van der Waals surface area (Å²) in [5.74, 6) is 0.220. The van der Waals surface area contributed by atoms with Crippen molar-refractivity contribution >= 4 is 6.03 Å². The summed E-state index contributed by atoms with van der Waals surface area (Å²) in [5, 5.41) is 9.16. The van der Waals surface area contributed by atoms with Crippen molar-refractivity contribution in [2.75, 3.05) is 7.05 Å². The van der Waals surface area contributed by atoms with Gasteiger partial charge in [-0.2, -0.15) is 0 Å². The number of hydrogen-bond donors (Lipinski definition) is 1. The van der Waals surface area contributed by atoms with E-state index in [0.29, 0.717) is 6.54 Å². The molecule has 1 amide bonds. The van der Waals surface area contributed by atoms with Gasteiger partial charge in [-0.3, -0.25) is 4.57 Å². The highest BCUT2D eigenvalue weighted by molar-refractivity contribution is 5.76. The number of carbonyl (C=O) groups is 1. The van der Waals surface area contributed by atoms with Crippen molar-refractivity contribution < 1.29 is 9.90 Å². The molecule has 1 aromatic carbocycles. The summed E-state index contributed by atoms with van der Waals surface area (Å²) < 4.78 is 1.42. The summed E-state index contributed by atoms with van der Waals surface area (Å²) in [6.45, 7) is 0.483. The molecule has 0 saturated heterocycles. The van der Waals surface area contributed by atoms with Crippen LogP contribution in [0.25, 0.3) is 0 Å². The summed E-state index contributed by atoms with van der Waals surface area (Å²) >= 11 is 0. The zero-order valence-electron chi connectivity index (χ0n) is 9.45. The number of benzene rings is 1. The van der Waals surface area contributed by atoms with E-state index < -0.39 is 0 Å². The monoisotopic (exact) mass is 231 g/mol. The first kappa shape index (κ1) is 11.2. The van der Waals surface area contributed by atoms with E-state index in [2.05, 4.69) is 4.98 Å². The highest BCUT2D eigenvalue weighted by Crippen LogP contribution is 2.11. The second-order valence-corrected chi connectivity index (χ2v) is 3.78. The molecule has 88 valence electrons. The Bertz CT molecular complexity index is 491. The quantitative estimate of drug-likeness (QED) is 0.855. The van der Waals surface area contributed by atoms with Gasteiger partial charge in [-0.15, -0.1) is 0 Å². The summed E-state index contributed by atoms with van der Waals surface area (Å²) in [6, 6.07) is 6.63. The molecule has 0 atom stereocenters. The first-order valence-corrected chi connectivity index (χ1v) is 5.18. The van der Waals surface area contributed by atoms with Crippen LogP contribution in [0, 0.1) is 0 Å². The maximum absolute atomic E-state index is 11.9. The third-order valence-corrected chi connectivity index (χ3v) is 2.41. The van der Waals surface area contributed by atoms with E-state index in [1.54, 1.807) is 48.6 Å². The lowest BCUT2D eigenvalue weighted by Crippen LogP contribution is -2.29. The van der Waals surface area contributed by atoms with Crippen LogP contribution in [0.1, 0.15) is 5.56 Å². The van der Waals surface area contributed by atoms with Crippen LogP contribution in [-0.4, -0.2) is 32.6 Å². The zero-order chi connectivity index (χ0) is 12.3. The Morgan fingerprint density at radius 1 is 1.41 bits per heavy atom. The second kappa shape index (κ2) is 4.69. The number of amides is 1. The number of rotatable bonds is 2. The molecule has 0 bridgehead atoms. The van der Waals surface area contributed by atoms with Crippen molar-refractivity contribution in [1.82, 2.24) is 14.5 Å². The molecular weight excluding hydrogens is 218 g/mol. The van der Waals surface area contributed by atoms with Crippen LogP contribution in [0.5, 0.6) is 5.75 Å². The molecule has 0 spiro atoms. The Hall–Kier alpha value is -2.30. The third kappa shape index (κ3) is 2.63. The molecule has 5 nitrogen and oxygen atoms in total. The van der Waals surface area contributed by atoms with Gasteiger partial charge in [-0.1, -0.05) is 12.1 Å². The summed E-state index contributed by atoms with van der Waals surface area (Å²) in [4.78, 5) is 17.3. The fourth-order valence-corrected chi connectivity index (χ4v) is 1.51. The van der Waals surface area contributed by atoms with E-state index in [4.69, 9.17) is 5.11 Å². The largest absolute Gasteiger partial charge is 0.508 e. The van der Waals surface area contributed by atoms with E-state index in [1.165, 1.54) is 10.9 Å². The average Bonchev–Trinajstić information content (AvgIpc) is 2.84. The molecule has 0 aliphatic carbocycles. The molecule has 1 aromatic heterocycles. The van der Waals surface area contributed by atoms with Gasteiger partial charge >= 0.3 is 6.03 Å². The summed E-state index contributed by atoms with van der Waals surface area (Å²) in [6.07, 6.45) is 4.64. The van der Waals surface area contributed by atoms with Crippen molar-refractivity contribution in [3.05, 3.63) is 48.5 Å².